The van der Waals surface area contributed by atoms with Crippen LogP contribution in [0.5, 0.6) is 0 Å². The summed E-state index contributed by atoms with van der Waals surface area (Å²) in [6.07, 6.45) is 3.41. The second-order valence-electron chi connectivity index (χ2n) is 5.35. The molecule has 124 valence electrons. The Balaban J connectivity index is 1.43. The fraction of sp³-hybridized carbons (Fsp3) is 0.0556. The van der Waals surface area contributed by atoms with E-state index < -0.39 is 0 Å². The van der Waals surface area contributed by atoms with E-state index in [1.54, 1.807) is 28.5 Å². The van der Waals surface area contributed by atoms with Crippen LogP contribution in [0.4, 0.5) is 5.82 Å². The van der Waals surface area contributed by atoms with Gasteiger partial charge >= 0.3 is 0 Å². The summed E-state index contributed by atoms with van der Waals surface area (Å²) in [6.45, 7) is 0.649. The first-order valence-corrected chi connectivity index (χ1v) is 8.54. The number of thiazole rings is 1. The average molecular weight is 350 g/mol. The lowest BCUT2D eigenvalue weighted by Crippen LogP contribution is -2.13. The van der Waals surface area contributed by atoms with Crippen LogP contribution in [0.15, 0.2) is 70.8 Å². The Morgan fingerprint density at radius 1 is 1.16 bits per heavy atom. The summed E-state index contributed by atoms with van der Waals surface area (Å²) in [6, 6.07) is 15.4. The molecule has 0 aliphatic rings. The van der Waals surface area contributed by atoms with Crippen molar-refractivity contribution in [3.8, 4) is 10.8 Å². The van der Waals surface area contributed by atoms with Gasteiger partial charge in [-0.25, -0.2) is 4.98 Å². The Morgan fingerprint density at radius 2 is 2.04 bits per heavy atom. The van der Waals surface area contributed by atoms with Gasteiger partial charge in [-0.15, -0.1) is 11.3 Å². The molecule has 0 aliphatic heterocycles. The Hall–Kier alpha value is -3.19. The van der Waals surface area contributed by atoms with Crippen LogP contribution in [0.25, 0.3) is 10.8 Å². The minimum Gasteiger partial charge on any atom is -0.462 e. The number of amides is 1. The first-order valence-electron chi connectivity index (χ1n) is 7.66. The van der Waals surface area contributed by atoms with Gasteiger partial charge < -0.3 is 9.73 Å². The Morgan fingerprint density at radius 3 is 2.84 bits per heavy atom. The predicted molar refractivity (Wildman–Crippen MR) is 95.5 cm³/mol. The number of hydrogen-bond donors (Lipinski definition) is 1. The summed E-state index contributed by atoms with van der Waals surface area (Å²) in [4.78, 5) is 16.6. The minimum absolute atomic E-state index is 0.293. The summed E-state index contributed by atoms with van der Waals surface area (Å²) in [5.41, 5.74) is 1.49. The monoisotopic (exact) mass is 350 g/mol. The topological polar surface area (TPSA) is 73.0 Å². The zero-order valence-electron chi connectivity index (χ0n) is 13.1. The van der Waals surface area contributed by atoms with E-state index in [1.165, 1.54) is 11.3 Å². The van der Waals surface area contributed by atoms with Gasteiger partial charge in [-0.1, -0.05) is 30.3 Å². The highest BCUT2D eigenvalue weighted by Gasteiger charge is 2.14. The second-order valence-corrected chi connectivity index (χ2v) is 6.21. The Bertz CT molecular complexity index is 974. The summed E-state index contributed by atoms with van der Waals surface area (Å²) in [5, 5.41) is 9.51. The largest absolute Gasteiger partial charge is 0.462 e. The van der Waals surface area contributed by atoms with Crippen molar-refractivity contribution in [2.75, 3.05) is 5.32 Å². The quantitative estimate of drug-likeness (QED) is 0.592. The number of hydrogen-bond acceptors (Lipinski definition) is 5. The van der Waals surface area contributed by atoms with Crippen LogP contribution in [0.1, 0.15) is 16.1 Å². The third-order valence-corrected chi connectivity index (χ3v) is 4.40. The number of rotatable bonds is 5. The van der Waals surface area contributed by atoms with E-state index in [-0.39, 0.29) is 5.91 Å². The molecule has 0 radical (unpaired) electrons. The fourth-order valence-electron chi connectivity index (χ4n) is 2.36. The van der Waals surface area contributed by atoms with Crippen LogP contribution >= 0.6 is 11.3 Å². The van der Waals surface area contributed by atoms with E-state index in [9.17, 15) is 4.79 Å². The Labute approximate surface area is 147 Å². The molecule has 1 amide bonds. The van der Waals surface area contributed by atoms with Crippen molar-refractivity contribution in [2.45, 2.75) is 6.54 Å². The molecule has 1 N–H and O–H groups in total. The van der Waals surface area contributed by atoms with Gasteiger partial charge in [-0.3, -0.25) is 9.48 Å². The van der Waals surface area contributed by atoms with Crippen molar-refractivity contribution >= 4 is 23.1 Å². The van der Waals surface area contributed by atoms with E-state index in [0.717, 1.165) is 5.56 Å². The zero-order chi connectivity index (χ0) is 17.1. The van der Waals surface area contributed by atoms with Crippen LogP contribution in [-0.2, 0) is 6.54 Å². The van der Waals surface area contributed by atoms with Crippen molar-refractivity contribution in [1.29, 1.82) is 0 Å². The number of nitrogens with one attached hydrogen (secondary N) is 1. The summed E-state index contributed by atoms with van der Waals surface area (Å²) in [5.74, 6) is 0.851. The van der Waals surface area contributed by atoms with Crippen LogP contribution in [0, 0.1) is 0 Å². The molecule has 3 heterocycles. The van der Waals surface area contributed by atoms with Crippen molar-refractivity contribution in [2.24, 2.45) is 0 Å². The SMILES string of the molecule is O=C(Nc1ccn(Cc2ccccc2)n1)c1csc(-c2ccco2)n1. The summed E-state index contributed by atoms with van der Waals surface area (Å²) < 4.78 is 7.07. The molecule has 0 aliphatic carbocycles. The maximum absolute atomic E-state index is 12.3. The van der Waals surface area contributed by atoms with Gasteiger partial charge in [-0.05, 0) is 17.7 Å². The van der Waals surface area contributed by atoms with E-state index in [2.05, 4.69) is 15.4 Å². The number of aromatic nitrogens is 3. The maximum atomic E-state index is 12.3. The number of carbonyl (C=O) groups is 1. The van der Waals surface area contributed by atoms with E-state index in [0.29, 0.717) is 28.8 Å². The molecule has 0 unspecified atom stereocenters. The normalized spacial score (nSPS) is 10.7. The third-order valence-electron chi connectivity index (χ3n) is 3.54. The van der Waals surface area contributed by atoms with Gasteiger partial charge in [0.05, 0.1) is 12.8 Å². The van der Waals surface area contributed by atoms with Crippen molar-refractivity contribution < 1.29 is 9.21 Å². The molecule has 4 aromatic rings. The predicted octanol–water partition coefficient (Wildman–Crippen LogP) is 3.90. The van der Waals surface area contributed by atoms with E-state index >= 15 is 0 Å². The molecule has 1 aromatic carbocycles. The molecule has 0 saturated heterocycles. The molecule has 0 atom stereocenters. The van der Waals surface area contributed by atoms with Gasteiger partial charge in [0.1, 0.15) is 5.69 Å². The smallest absolute Gasteiger partial charge is 0.276 e. The molecule has 3 aromatic heterocycles. The van der Waals surface area contributed by atoms with Crippen LogP contribution in [0.2, 0.25) is 0 Å². The minimum atomic E-state index is -0.293. The molecule has 0 bridgehead atoms. The number of furan rings is 1. The first kappa shape index (κ1) is 15.3. The Kier molecular flexibility index (Phi) is 4.14. The number of benzene rings is 1. The number of nitrogens with zero attached hydrogens (tertiary/aromatic N) is 3. The summed E-state index contributed by atoms with van der Waals surface area (Å²) in [7, 11) is 0. The molecule has 0 spiro atoms. The molecular weight excluding hydrogens is 336 g/mol. The van der Waals surface area contributed by atoms with Crippen LogP contribution in [0.3, 0.4) is 0 Å². The molecule has 25 heavy (non-hydrogen) atoms. The molecule has 0 saturated carbocycles. The van der Waals surface area contributed by atoms with E-state index in [4.69, 9.17) is 4.42 Å². The third kappa shape index (κ3) is 3.51. The lowest BCUT2D eigenvalue weighted by atomic mass is 10.2. The standard InChI is InChI=1S/C18H14N4O2S/c23-17(14-12-25-18(19-14)15-7-4-10-24-15)20-16-8-9-22(21-16)11-13-5-2-1-3-6-13/h1-10,12H,11H2,(H,20,21,23). The molecule has 6 nitrogen and oxygen atoms in total. The zero-order valence-corrected chi connectivity index (χ0v) is 13.9. The lowest BCUT2D eigenvalue weighted by molar-refractivity contribution is 0.102. The number of carbonyl (C=O) groups excluding carboxylic acids is 1. The summed E-state index contributed by atoms with van der Waals surface area (Å²) >= 11 is 1.36. The van der Waals surface area contributed by atoms with Gasteiger partial charge in [0, 0.05) is 17.6 Å². The van der Waals surface area contributed by atoms with Gasteiger partial charge in [-0.2, -0.15) is 5.10 Å². The average Bonchev–Trinajstić information content (AvgIpc) is 3.37. The van der Waals surface area contributed by atoms with Crippen molar-refractivity contribution in [3.05, 3.63) is 77.6 Å². The molecule has 0 fully saturated rings. The lowest BCUT2D eigenvalue weighted by Gasteiger charge is -2.01. The van der Waals surface area contributed by atoms with Gasteiger partial charge in [0.25, 0.3) is 5.91 Å². The van der Waals surface area contributed by atoms with Gasteiger partial charge in [0.15, 0.2) is 16.6 Å². The fourth-order valence-corrected chi connectivity index (χ4v) is 3.13. The first-order chi connectivity index (χ1) is 12.3. The highest BCUT2D eigenvalue weighted by atomic mass is 32.1. The molecule has 7 heteroatoms. The van der Waals surface area contributed by atoms with E-state index in [1.807, 2.05) is 42.6 Å². The van der Waals surface area contributed by atoms with Crippen LogP contribution < -0.4 is 5.32 Å². The maximum Gasteiger partial charge on any atom is 0.276 e. The number of anilines is 1. The van der Waals surface area contributed by atoms with Crippen molar-refractivity contribution in [3.63, 3.8) is 0 Å². The molecule has 4 rings (SSSR count). The van der Waals surface area contributed by atoms with Crippen molar-refractivity contribution in [1.82, 2.24) is 14.8 Å². The second kappa shape index (κ2) is 6.74. The van der Waals surface area contributed by atoms with Crippen LogP contribution in [-0.4, -0.2) is 20.7 Å². The molecular formula is C18H14N4O2S. The highest BCUT2D eigenvalue weighted by molar-refractivity contribution is 7.13. The highest BCUT2D eigenvalue weighted by Crippen LogP contribution is 2.24. The van der Waals surface area contributed by atoms with Gasteiger partial charge in [0.2, 0.25) is 0 Å².